The van der Waals surface area contributed by atoms with E-state index >= 15 is 0 Å². The van der Waals surface area contributed by atoms with E-state index in [2.05, 4.69) is 5.21 Å². The molecule has 4 aromatic rings. The maximum Gasteiger partial charge on any atom is 0.406 e. The zero-order chi connectivity index (χ0) is 15.3. The lowest BCUT2D eigenvalue weighted by Crippen LogP contribution is -2.26. The molecular weight excluding hydrogens is 281 g/mol. The molecule has 2 aromatic heterocycles. The van der Waals surface area contributed by atoms with E-state index in [-0.39, 0.29) is 11.4 Å². The molecule has 0 radical (unpaired) electrons. The second-order valence-electron chi connectivity index (χ2n) is 5.28. The van der Waals surface area contributed by atoms with Gasteiger partial charge in [-0.1, -0.05) is 28.1 Å². The zero-order valence-corrected chi connectivity index (χ0v) is 11.9. The molecular formula is C17H13FN3O+. The topological polar surface area (TPSA) is 41.9 Å². The third-order valence-corrected chi connectivity index (χ3v) is 3.87. The molecule has 0 amide bonds. The van der Waals surface area contributed by atoms with Crippen molar-refractivity contribution in [1.29, 1.82) is 0 Å². The van der Waals surface area contributed by atoms with Crippen LogP contribution >= 0.6 is 0 Å². The Morgan fingerprint density at radius 3 is 2.55 bits per heavy atom. The van der Waals surface area contributed by atoms with Crippen LogP contribution < -0.4 is 10.1 Å². The molecule has 0 fully saturated rings. The van der Waals surface area contributed by atoms with Crippen molar-refractivity contribution in [3.8, 4) is 5.69 Å². The van der Waals surface area contributed by atoms with Gasteiger partial charge in [-0.2, -0.15) is 0 Å². The van der Waals surface area contributed by atoms with Crippen molar-refractivity contribution in [2.45, 2.75) is 6.92 Å². The van der Waals surface area contributed by atoms with Gasteiger partial charge in [0.25, 0.3) is 0 Å². The molecule has 0 bridgehead atoms. The average Bonchev–Trinajstić information content (AvgIpc) is 2.86. The lowest BCUT2D eigenvalue weighted by molar-refractivity contribution is -0.555. The van der Waals surface area contributed by atoms with Gasteiger partial charge in [0.1, 0.15) is 5.82 Å². The summed E-state index contributed by atoms with van der Waals surface area (Å²) in [6, 6.07) is 15.6. The molecule has 4 nitrogen and oxygen atoms in total. The number of halogens is 1. The van der Waals surface area contributed by atoms with Gasteiger partial charge in [-0.05, 0) is 48.9 Å². The molecule has 4 rings (SSSR count). The van der Waals surface area contributed by atoms with E-state index in [9.17, 15) is 9.18 Å². The van der Waals surface area contributed by atoms with E-state index in [1.165, 1.54) is 16.8 Å². The van der Waals surface area contributed by atoms with Crippen LogP contribution in [0.15, 0.2) is 59.4 Å². The standard InChI is InChI=1S/C17H12FN3O/c1-11-10-16-17(22)20(13-8-6-12(18)7-9-13)19-21(16)15-5-3-2-4-14(11)15/h2-10H,1H3/p+1. The molecule has 1 N–H and O–H groups in total. The van der Waals surface area contributed by atoms with E-state index in [0.717, 1.165) is 16.5 Å². The molecule has 0 aliphatic rings. The van der Waals surface area contributed by atoms with Gasteiger partial charge >= 0.3 is 5.56 Å². The maximum atomic E-state index is 13.1. The Hall–Kier alpha value is -2.95. The highest BCUT2D eigenvalue weighted by Crippen LogP contribution is 2.15. The van der Waals surface area contributed by atoms with E-state index < -0.39 is 0 Å². The fourth-order valence-corrected chi connectivity index (χ4v) is 2.77. The Kier molecular flexibility index (Phi) is 2.63. The molecule has 22 heavy (non-hydrogen) atoms. The number of para-hydroxylation sites is 1. The summed E-state index contributed by atoms with van der Waals surface area (Å²) in [6.45, 7) is 1.98. The number of hydrogen-bond donors (Lipinski definition) is 1. The largest absolute Gasteiger partial charge is 0.406 e. The number of H-pyrrole nitrogens is 1. The zero-order valence-electron chi connectivity index (χ0n) is 11.9. The minimum atomic E-state index is -0.332. The first-order valence-electron chi connectivity index (χ1n) is 6.96. The third-order valence-electron chi connectivity index (χ3n) is 3.87. The van der Waals surface area contributed by atoms with Crippen molar-refractivity contribution in [1.82, 2.24) is 9.90 Å². The molecule has 0 aliphatic heterocycles. The fourth-order valence-electron chi connectivity index (χ4n) is 2.77. The summed E-state index contributed by atoms with van der Waals surface area (Å²) in [5, 5.41) is 4.14. The number of aromatic nitrogens is 3. The smallest absolute Gasteiger partial charge is 0.234 e. The number of nitrogens with one attached hydrogen (secondary N) is 1. The fraction of sp³-hybridized carbons (Fsp3) is 0.0588. The highest BCUT2D eigenvalue weighted by atomic mass is 19.1. The molecule has 0 atom stereocenters. The first-order valence-corrected chi connectivity index (χ1v) is 6.96. The second kappa shape index (κ2) is 4.53. The number of pyridine rings is 1. The van der Waals surface area contributed by atoms with Crippen molar-refractivity contribution < 1.29 is 8.91 Å². The second-order valence-corrected chi connectivity index (χ2v) is 5.28. The van der Waals surface area contributed by atoms with Crippen LogP contribution in [0.25, 0.3) is 22.1 Å². The quantitative estimate of drug-likeness (QED) is 0.538. The minimum absolute atomic E-state index is 0.166. The van der Waals surface area contributed by atoms with Gasteiger partial charge in [0.15, 0.2) is 11.2 Å². The summed E-state index contributed by atoms with van der Waals surface area (Å²) in [5.74, 6) is -0.332. The first-order chi connectivity index (χ1) is 10.6. The normalized spacial score (nSPS) is 11.4. The summed E-state index contributed by atoms with van der Waals surface area (Å²) in [5.41, 5.74) is 2.95. The van der Waals surface area contributed by atoms with Crippen molar-refractivity contribution in [3.63, 3.8) is 0 Å². The number of hydrogen-bond acceptors (Lipinski definition) is 1. The summed E-state index contributed by atoms with van der Waals surface area (Å²) in [6.07, 6.45) is 0. The van der Waals surface area contributed by atoms with Gasteiger partial charge in [0, 0.05) is 5.39 Å². The molecule has 0 saturated heterocycles. The van der Waals surface area contributed by atoms with Crippen molar-refractivity contribution in [3.05, 3.63) is 76.3 Å². The Labute approximate surface area is 125 Å². The number of aromatic amines is 1. The Morgan fingerprint density at radius 2 is 1.77 bits per heavy atom. The lowest BCUT2D eigenvalue weighted by Gasteiger charge is -1.98. The van der Waals surface area contributed by atoms with Gasteiger partial charge in [0.05, 0.1) is 0 Å². The predicted molar refractivity (Wildman–Crippen MR) is 81.8 cm³/mol. The van der Waals surface area contributed by atoms with Gasteiger partial charge in [-0.15, -0.1) is 4.52 Å². The van der Waals surface area contributed by atoms with E-state index in [0.29, 0.717) is 11.2 Å². The lowest BCUT2D eigenvalue weighted by atomic mass is 10.1. The van der Waals surface area contributed by atoms with Gasteiger partial charge < -0.3 is 0 Å². The van der Waals surface area contributed by atoms with Crippen LogP contribution in [0.5, 0.6) is 0 Å². The molecule has 0 unspecified atom stereocenters. The number of aryl methyl sites for hydroxylation is 1. The minimum Gasteiger partial charge on any atom is -0.234 e. The maximum absolute atomic E-state index is 13.1. The number of benzene rings is 2. The average molecular weight is 294 g/mol. The molecule has 2 heterocycles. The highest BCUT2D eigenvalue weighted by Gasteiger charge is 2.19. The van der Waals surface area contributed by atoms with Gasteiger partial charge in [-0.3, -0.25) is 0 Å². The van der Waals surface area contributed by atoms with Crippen molar-refractivity contribution in [2.24, 2.45) is 0 Å². The summed E-state index contributed by atoms with van der Waals surface area (Å²) in [4.78, 5) is 12.6. The third kappa shape index (κ3) is 1.75. The summed E-state index contributed by atoms with van der Waals surface area (Å²) >= 11 is 0. The van der Waals surface area contributed by atoms with Gasteiger partial charge in [0.2, 0.25) is 5.52 Å². The van der Waals surface area contributed by atoms with Crippen molar-refractivity contribution in [2.75, 3.05) is 0 Å². The van der Waals surface area contributed by atoms with Crippen molar-refractivity contribution >= 4 is 16.4 Å². The molecule has 108 valence electrons. The van der Waals surface area contributed by atoms with Crippen LogP contribution in [-0.2, 0) is 0 Å². The van der Waals surface area contributed by atoms with Gasteiger partial charge in [-0.25, -0.2) is 9.18 Å². The van der Waals surface area contributed by atoms with Crippen LogP contribution in [0.1, 0.15) is 5.56 Å². The number of nitrogens with zero attached hydrogens (tertiary/aromatic N) is 2. The van der Waals surface area contributed by atoms with Crippen LogP contribution in [-0.4, -0.2) is 9.90 Å². The highest BCUT2D eigenvalue weighted by molar-refractivity contribution is 5.80. The van der Waals surface area contributed by atoms with Crippen LogP contribution in [0.3, 0.4) is 0 Å². The SMILES string of the molecule is Cc1cc2c(=O)n(-c3ccc(F)cc3)[nH][n+]2c2ccccc12. The molecule has 0 saturated carbocycles. The number of fused-ring (bicyclic) bond motifs is 3. The molecule has 2 aromatic carbocycles. The molecule has 0 spiro atoms. The van der Waals surface area contributed by atoms with E-state index in [1.54, 1.807) is 16.6 Å². The Balaban J connectivity index is 2.11. The molecule has 0 aliphatic carbocycles. The summed E-state index contributed by atoms with van der Waals surface area (Å²) < 4.78 is 16.2. The van der Waals surface area contributed by atoms with Crippen LogP contribution in [0, 0.1) is 12.7 Å². The summed E-state index contributed by atoms with van der Waals surface area (Å²) in [7, 11) is 0. The Morgan fingerprint density at radius 1 is 1.05 bits per heavy atom. The number of rotatable bonds is 1. The van der Waals surface area contributed by atoms with E-state index in [4.69, 9.17) is 0 Å². The van der Waals surface area contributed by atoms with Crippen LogP contribution in [0.2, 0.25) is 0 Å². The van der Waals surface area contributed by atoms with E-state index in [1.807, 2.05) is 37.3 Å². The monoisotopic (exact) mass is 294 g/mol. The Bertz CT molecular complexity index is 1060. The van der Waals surface area contributed by atoms with Crippen LogP contribution in [0.4, 0.5) is 4.39 Å². The molecule has 5 heteroatoms. The first kappa shape index (κ1) is 12.8. The predicted octanol–water partition coefficient (Wildman–Crippen LogP) is 2.51.